The van der Waals surface area contributed by atoms with E-state index in [1.165, 1.54) is 11.8 Å². The smallest absolute Gasteiger partial charge is 0.361 e. The van der Waals surface area contributed by atoms with Crippen LogP contribution in [0.15, 0.2) is 30.5 Å². The number of pyridine rings is 1. The second-order valence-corrected chi connectivity index (χ2v) is 6.75. The molecular formula is C16H17N3O5S. The number of carbonyl (C=O) groups is 1. The first-order valence-electron chi connectivity index (χ1n) is 7.59. The van der Waals surface area contributed by atoms with E-state index in [1.807, 2.05) is 12.1 Å². The number of carbonyl (C=O) groups excluding carboxylic acids is 1. The van der Waals surface area contributed by atoms with Crippen LogP contribution in [0.4, 0.5) is 10.5 Å². The molecular weight excluding hydrogens is 346 g/mol. The van der Waals surface area contributed by atoms with Crippen molar-refractivity contribution in [3.63, 3.8) is 0 Å². The van der Waals surface area contributed by atoms with Crippen molar-refractivity contribution in [1.29, 1.82) is 0 Å². The van der Waals surface area contributed by atoms with Gasteiger partial charge in [0.2, 0.25) is 5.88 Å². The predicted octanol–water partition coefficient (Wildman–Crippen LogP) is 2.17. The molecule has 25 heavy (non-hydrogen) atoms. The molecule has 0 radical (unpaired) electrons. The molecule has 0 unspecified atom stereocenters. The Bertz CT molecular complexity index is 927. The van der Waals surface area contributed by atoms with Gasteiger partial charge in [-0.3, -0.25) is 4.55 Å². The molecule has 0 atom stereocenters. The standard InChI is InChI=1S/C16H17N3O5S/c1-24-14-9-11(7-8-17-14)13-6-5-10-3-2-4-12(10)15(13)18-16(20)19-25(21,22)23/h5-9H,2-4H2,1H3,(H2,18,19,20)(H,21,22,23). The fraction of sp³-hybridized carbons (Fsp3) is 0.250. The topological polar surface area (TPSA) is 118 Å². The number of urea groups is 1. The molecule has 3 N–H and O–H groups in total. The van der Waals surface area contributed by atoms with E-state index in [0.717, 1.165) is 36.0 Å². The number of fused-ring (bicyclic) bond motifs is 1. The summed E-state index contributed by atoms with van der Waals surface area (Å²) in [5.41, 5.74) is 4.06. The lowest BCUT2D eigenvalue weighted by atomic mass is 9.98. The molecule has 1 aliphatic rings. The van der Waals surface area contributed by atoms with E-state index >= 15 is 0 Å². The minimum absolute atomic E-state index is 0.423. The number of anilines is 1. The number of aromatic nitrogens is 1. The third kappa shape index (κ3) is 3.89. The average Bonchev–Trinajstić information content (AvgIpc) is 3.02. The highest BCUT2D eigenvalue weighted by molar-refractivity contribution is 7.84. The molecule has 2 amide bonds. The molecule has 0 aliphatic heterocycles. The Morgan fingerprint density at radius 2 is 2.08 bits per heavy atom. The summed E-state index contributed by atoms with van der Waals surface area (Å²) >= 11 is 0. The highest BCUT2D eigenvalue weighted by Crippen LogP contribution is 2.38. The van der Waals surface area contributed by atoms with Crippen LogP contribution in [0.5, 0.6) is 5.88 Å². The van der Waals surface area contributed by atoms with Gasteiger partial charge >= 0.3 is 16.3 Å². The van der Waals surface area contributed by atoms with Crippen molar-refractivity contribution in [3.8, 4) is 17.0 Å². The number of hydrogen-bond acceptors (Lipinski definition) is 5. The number of methoxy groups -OCH3 is 1. The monoisotopic (exact) mass is 363 g/mol. The zero-order valence-electron chi connectivity index (χ0n) is 13.4. The van der Waals surface area contributed by atoms with Gasteiger partial charge in [0.15, 0.2) is 0 Å². The maximum absolute atomic E-state index is 11.9. The molecule has 1 heterocycles. The van der Waals surface area contributed by atoms with Crippen molar-refractivity contribution in [3.05, 3.63) is 41.6 Å². The van der Waals surface area contributed by atoms with Gasteiger partial charge in [0.05, 0.1) is 12.8 Å². The number of nitrogens with zero attached hydrogens (tertiary/aromatic N) is 1. The fourth-order valence-electron chi connectivity index (χ4n) is 2.99. The molecule has 3 rings (SSSR count). The van der Waals surface area contributed by atoms with Gasteiger partial charge in [-0.1, -0.05) is 12.1 Å². The summed E-state index contributed by atoms with van der Waals surface area (Å²) in [6.45, 7) is 0. The van der Waals surface area contributed by atoms with E-state index in [0.29, 0.717) is 17.1 Å². The molecule has 0 fully saturated rings. The summed E-state index contributed by atoms with van der Waals surface area (Å²) in [6.07, 6.45) is 4.20. The zero-order valence-corrected chi connectivity index (χ0v) is 14.3. The van der Waals surface area contributed by atoms with Gasteiger partial charge in [-0.15, -0.1) is 0 Å². The van der Waals surface area contributed by atoms with Crippen molar-refractivity contribution >= 4 is 22.0 Å². The van der Waals surface area contributed by atoms with E-state index in [4.69, 9.17) is 9.29 Å². The van der Waals surface area contributed by atoms with Gasteiger partial charge in [0, 0.05) is 17.8 Å². The van der Waals surface area contributed by atoms with Crippen LogP contribution < -0.4 is 14.8 Å². The second kappa shape index (κ2) is 6.69. The summed E-state index contributed by atoms with van der Waals surface area (Å²) in [5.74, 6) is 0.423. The van der Waals surface area contributed by atoms with Gasteiger partial charge in [-0.25, -0.2) is 14.5 Å². The van der Waals surface area contributed by atoms with Crippen molar-refractivity contribution in [1.82, 2.24) is 9.71 Å². The highest BCUT2D eigenvalue weighted by atomic mass is 32.2. The molecule has 0 spiro atoms. The summed E-state index contributed by atoms with van der Waals surface area (Å²) in [4.78, 5) is 16.0. The molecule has 1 aromatic carbocycles. The third-order valence-electron chi connectivity index (χ3n) is 4.00. The van der Waals surface area contributed by atoms with Crippen LogP contribution in [0.1, 0.15) is 17.5 Å². The van der Waals surface area contributed by atoms with Crippen molar-refractivity contribution < 1.29 is 22.5 Å². The Hall–Kier alpha value is -2.65. The lowest BCUT2D eigenvalue weighted by Crippen LogP contribution is -2.34. The number of aryl methyl sites for hydroxylation is 1. The van der Waals surface area contributed by atoms with Crippen molar-refractivity contribution in [2.75, 3.05) is 12.4 Å². The number of nitrogens with one attached hydrogen (secondary N) is 2. The largest absolute Gasteiger partial charge is 0.481 e. The summed E-state index contributed by atoms with van der Waals surface area (Å²) in [6, 6.07) is 6.33. The molecule has 0 bridgehead atoms. The number of amides is 2. The second-order valence-electron chi connectivity index (χ2n) is 5.60. The predicted molar refractivity (Wildman–Crippen MR) is 92.0 cm³/mol. The van der Waals surface area contributed by atoms with Crippen LogP contribution in [-0.4, -0.2) is 31.1 Å². The normalized spacial score (nSPS) is 13.2. The molecule has 2 aromatic rings. The van der Waals surface area contributed by atoms with Crippen LogP contribution in [0.3, 0.4) is 0 Å². The number of rotatable bonds is 4. The van der Waals surface area contributed by atoms with Crippen LogP contribution >= 0.6 is 0 Å². The number of benzene rings is 1. The Balaban J connectivity index is 2.05. The van der Waals surface area contributed by atoms with E-state index in [1.54, 1.807) is 18.3 Å². The lowest BCUT2D eigenvalue weighted by Gasteiger charge is -2.16. The SMILES string of the molecule is COc1cc(-c2ccc3c(c2NC(=O)NS(=O)(=O)O)CCC3)ccn1. The molecule has 1 aromatic heterocycles. The molecule has 0 saturated heterocycles. The van der Waals surface area contributed by atoms with E-state index < -0.39 is 16.3 Å². The zero-order chi connectivity index (χ0) is 18.0. The van der Waals surface area contributed by atoms with Crippen molar-refractivity contribution in [2.24, 2.45) is 0 Å². The fourth-order valence-corrected chi connectivity index (χ4v) is 3.28. The van der Waals surface area contributed by atoms with Crippen LogP contribution in [0.25, 0.3) is 11.1 Å². The first-order valence-corrected chi connectivity index (χ1v) is 9.03. The Labute approximate surface area is 145 Å². The maximum Gasteiger partial charge on any atom is 0.361 e. The van der Waals surface area contributed by atoms with Gasteiger partial charge in [-0.2, -0.15) is 8.42 Å². The highest BCUT2D eigenvalue weighted by Gasteiger charge is 2.21. The number of ether oxygens (including phenoxy) is 1. The lowest BCUT2D eigenvalue weighted by molar-refractivity contribution is 0.255. The Morgan fingerprint density at radius 3 is 2.80 bits per heavy atom. The first-order chi connectivity index (χ1) is 11.9. The van der Waals surface area contributed by atoms with Crippen LogP contribution in [0, 0.1) is 0 Å². The minimum Gasteiger partial charge on any atom is -0.481 e. The number of hydrogen-bond donors (Lipinski definition) is 3. The quantitative estimate of drug-likeness (QED) is 0.717. The van der Waals surface area contributed by atoms with E-state index in [2.05, 4.69) is 10.3 Å². The van der Waals surface area contributed by atoms with Gasteiger partial charge in [0.25, 0.3) is 0 Å². The molecule has 0 saturated carbocycles. The summed E-state index contributed by atoms with van der Waals surface area (Å²) in [5, 5.41) is 2.55. The average molecular weight is 363 g/mol. The summed E-state index contributed by atoms with van der Waals surface area (Å²) in [7, 11) is -3.13. The van der Waals surface area contributed by atoms with Gasteiger partial charge in [-0.05, 0) is 42.0 Å². The van der Waals surface area contributed by atoms with Crippen LogP contribution in [-0.2, 0) is 23.1 Å². The molecule has 1 aliphatic carbocycles. The van der Waals surface area contributed by atoms with Crippen molar-refractivity contribution in [2.45, 2.75) is 19.3 Å². The Morgan fingerprint density at radius 1 is 1.28 bits per heavy atom. The van der Waals surface area contributed by atoms with Crippen LogP contribution in [0.2, 0.25) is 0 Å². The molecule has 9 heteroatoms. The maximum atomic E-state index is 11.9. The molecule has 132 valence electrons. The van der Waals surface area contributed by atoms with E-state index in [9.17, 15) is 13.2 Å². The first kappa shape index (κ1) is 17.2. The molecule has 8 nitrogen and oxygen atoms in total. The van der Waals surface area contributed by atoms with Gasteiger partial charge in [0.1, 0.15) is 0 Å². The Kier molecular flexibility index (Phi) is 4.60. The summed E-state index contributed by atoms with van der Waals surface area (Å²) < 4.78 is 37.1. The third-order valence-corrected chi connectivity index (χ3v) is 4.44. The van der Waals surface area contributed by atoms with E-state index in [-0.39, 0.29) is 0 Å². The minimum atomic E-state index is -4.64. The van der Waals surface area contributed by atoms with Gasteiger partial charge < -0.3 is 10.1 Å².